The van der Waals surface area contributed by atoms with E-state index in [1.54, 1.807) is 0 Å². The molecule has 0 saturated heterocycles. The molecule has 0 atom stereocenters. The number of carbonyl (C=O) groups is 1. The van der Waals surface area contributed by atoms with Crippen LogP contribution in [-0.2, 0) is 11.3 Å². The number of rotatable bonds is 4. The molecule has 0 fully saturated rings. The second-order valence-corrected chi connectivity index (χ2v) is 5.35. The Balaban J connectivity index is 2.43. The molecule has 0 bridgehead atoms. The van der Waals surface area contributed by atoms with E-state index in [0.29, 0.717) is 0 Å². The van der Waals surface area contributed by atoms with Gasteiger partial charge in [-0.15, -0.1) is 13.2 Å². The molecular weight excluding hydrogens is 396 g/mol. The number of ether oxygens (including phenoxy) is 1. The van der Waals surface area contributed by atoms with Crippen LogP contribution in [0.2, 0.25) is 0 Å². The van der Waals surface area contributed by atoms with Crippen LogP contribution < -0.4 is 0 Å². The average Bonchev–Trinajstić information content (AvgIpc) is 2.76. The van der Waals surface area contributed by atoms with Gasteiger partial charge in [0.15, 0.2) is 0 Å². The molecule has 0 aliphatic heterocycles. The summed E-state index contributed by atoms with van der Waals surface area (Å²) in [6.07, 6.45) is -9.05. The molecule has 0 radical (unpaired) electrons. The summed E-state index contributed by atoms with van der Waals surface area (Å²) in [5, 5.41) is -0.0122. The lowest BCUT2D eigenvalue weighted by Gasteiger charge is -2.08. The van der Waals surface area contributed by atoms with Gasteiger partial charge in [0.25, 0.3) is 5.78 Å². The first-order valence-electron chi connectivity index (χ1n) is 6.10. The van der Waals surface area contributed by atoms with Crippen molar-refractivity contribution in [3.05, 3.63) is 34.4 Å². The zero-order valence-corrected chi connectivity index (χ0v) is 12.7. The van der Waals surface area contributed by atoms with Crippen LogP contribution in [0.25, 0.3) is 10.9 Å². The molecule has 0 N–H and O–H groups in total. The van der Waals surface area contributed by atoms with Crippen LogP contribution in [0.5, 0.6) is 0 Å². The highest BCUT2D eigenvalue weighted by Crippen LogP contribution is 2.33. The molecule has 0 aliphatic carbocycles. The number of hydrogen-bond donors (Lipinski definition) is 0. The fourth-order valence-corrected chi connectivity index (χ4v) is 2.65. The Bertz CT molecular complexity index is 734. The van der Waals surface area contributed by atoms with Crippen molar-refractivity contribution in [2.24, 2.45) is 0 Å². The van der Waals surface area contributed by atoms with Gasteiger partial charge in [0.2, 0.25) is 0 Å². The lowest BCUT2D eigenvalue weighted by Crippen LogP contribution is -2.22. The third-order valence-corrected chi connectivity index (χ3v) is 3.62. The summed E-state index contributed by atoms with van der Waals surface area (Å²) < 4.78 is 78.9. The molecule has 1 aromatic carbocycles. The molecule has 126 valence electrons. The van der Waals surface area contributed by atoms with E-state index in [1.807, 2.05) is 0 Å². The second-order valence-electron chi connectivity index (χ2n) is 4.49. The highest BCUT2D eigenvalue weighted by Gasteiger charge is 2.41. The Morgan fingerprint density at radius 1 is 1.17 bits per heavy atom. The summed E-state index contributed by atoms with van der Waals surface area (Å²) in [5.74, 6) is -2.06. The highest BCUT2D eigenvalue weighted by molar-refractivity contribution is 9.10. The second kappa shape index (κ2) is 6.16. The number of aromatic nitrogens is 1. The zero-order valence-electron chi connectivity index (χ0n) is 11.1. The Morgan fingerprint density at radius 2 is 1.83 bits per heavy atom. The molecule has 0 unspecified atom stereocenters. The highest BCUT2D eigenvalue weighted by atomic mass is 79.9. The lowest BCUT2D eigenvalue weighted by atomic mass is 10.1. The Hall–Kier alpha value is -1.55. The van der Waals surface area contributed by atoms with Gasteiger partial charge in [-0.25, -0.2) is 0 Å². The van der Waals surface area contributed by atoms with Gasteiger partial charge in [0, 0.05) is 28.1 Å². The Kier molecular flexibility index (Phi) is 4.76. The molecule has 0 saturated carbocycles. The van der Waals surface area contributed by atoms with Crippen molar-refractivity contribution < 1.29 is 35.9 Å². The number of fused-ring (bicyclic) bond motifs is 1. The number of halogens is 7. The molecule has 2 aromatic rings. The van der Waals surface area contributed by atoms with Gasteiger partial charge in [0.1, 0.15) is 0 Å². The van der Waals surface area contributed by atoms with Crippen LogP contribution in [0, 0.1) is 0 Å². The van der Waals surface area contributed by atoms with Crippen LogP contribution >= 0.6 is 15.9 Å². The first-order chi connectivity index (χ1) is 10.5. The summed E-state index contributed by atoms with van der Waals surface area (Å²) in [5.41, 5.74) is -0.440. The minimum Gasteiger partial charge on any atom is -0.344 e. The summed E-state index contributed by atoms with van der Waals surface area (Å²) >= 11 is 3.05. The smallest absolute Gasteiger partial charge is 0.344 e. The molecule has 1 heterocycles. The summed E-state index contributed by atoms with van der Waals surface area (Å²) in [6.45, 7) is -1.16. The maximum Gasteiger partial charge on any atom is 0.522 e. The Labute approximate surface area is 133 Å². The fraction of sp³-hybridized carbons (Fsp3) is 0.308. The summed E-state index contributed by atoms with van der Waals surface area (Å²) in [6, 6.07) is 4.34. The molecule has 10 heteroatoms. The predicted molar refractivity (Wildman–Crippen MR) is 72.0 cm³/mol. The van der Waals surface area contributed by atoms with Crippen molar-refractivity contribution in [3.63, 3.8) is 0 Å². The average molecular weight is 404 g/mol. The summed E-state index contributed by atoms with van der Waals surface area (Å²) in [7, 11) is 0. The zero-order chi connectivity index (χ0) is 17.4. The summed E-state index contributed by atoms with van der Waals surface area (Å²) in [4.78, 5) is 11.5. The van der Waals surface area contributed by atoms with E-state index >= 15 is 0 Å². The third-order valence-electron chi connectivity index (χ3n) is 2.96. The SMILES string of the molecule is O=C(c1cn(CCOC(F)(F)F)c2cccc(Br)c12)C(F)(F)F. The molecular formula is C13H8BrF6NO2. The van der Waals surface area contributed by atoms with Crippen molar-refractivity contribution in [1.29, 1.82) is 0 Å². The van der Waals surface area contributed by atoms with Crippen LogP contribution in [0.3, 0.4) is 0 Å². The van der Waals surface area contributed by atoms with Gasteiger partial charge in [-0.3, -0.25) is 9.53 Å². The van der Waals surface area contributed by atoms with Gasteiger partial charge in [-0.05, 0) is 12.1 Å². The molecule has 0 aliphatic rings. The van der Waals surface area contributed by atoms with Crippen LogP contribution in [0.1, 0.15) is 10.4 Å². The molecule has 0 spiro atoms. The van der Waals surface area contributed by atoms with Gasteiger partial charge < -0.3 is 4.57 Å². The van der Waals surface area contributed by atoms with E-state index in [-0.39, 0.29) is 21.9 Å². The van der Waals surface area contributed by atoms with Crippen molar-refractivity contribution in [2.45, 2.75) is 19.1 Å². The monoisotopic (exact) mass is 403 g/mol. The van der Waals surface area contributed by atoms with Crippen LogP contribution in [0.4, 0.5) is 26.3 Å². The minimum absolute atomic E-state index is 0.0122. The van der Waals surface area contributed by atoms with Crippen molar-refractivity contribution in [1.82, 2.24) is 4.57 Å². The van der Waals surface area contributed by atoms with Gasteiger partial charge in [-0.1, -0.05) is 22.0 Å². The third kappa shape index (κ3) is 4.05. The Morgan fingerprint density at radius 3 is 2.39 bits per heavy atom. The first-order valence-corrected chi connectivity index (χ1v) is 6.89. The number of Topliss-reactive ketones (excluding diaryl/α,β-unsaturated/α-hetero) is 1. The number of hydrogen-bond acceptors (Lipinski definition) is 2. The number of carbonyl (C=O) groups excluding carboxylic acids is 1. The van der Waals surface area contributed by atoms with Crippen molar-refractivity contribution >= 4 is 32.6 Å². The number of ketones is 1. The molecule has 23 heavy (non-hydrogen) atoms. The maximum absolute atomic E-state index is 12.7. The van der Waals surface area contributed by atoms with E-state index < -0.39 is 30.5 Å². The standard InChI is InChI=1S/C13H8BrF6NO2/c14-8-2-1-3-9-10(8)7(11(22)12(15,16)17)6-21(9)4-5-23-13(18,19)20/h1-3,6H,4-5H2. The molecule has 2 rings (SSSR count). The van der Waals surface area contributed by atoms with Crippen LogP contribution in [0.15, 0.2) is 28.9 Å². The fourth-order valence-electron chi connectivity index (χ4n) is 2.08. The van der Waals surface area contributed by atoms with Gasteiger partial charge >= 0.3 is 12.5 Å². The quantitative estimate of drug-likeness (QED) is 0.547. The van der Waals surface area contributed by atoms with Gasteiger partial charge in [-0.2, -0.15) is 13.2 Å². The van der Waals surface area contributed by atoms with Crippen molar-refractivity contribution in [3.8, 4) is 0 Å². The van der Waals surface area contributed by atoms with E-state index in [9.17, 15) is 31.1 Å². The van der Waals surface area contributed by atoms with E-state index in [2.05, 4.69) is 20.7 Å². The lowest BCUT2D eigenvalue weighted by molar-refractivity contribution is -0.325. The molecule has 3 nitrogen and oxygen atoms in total. The minimum atomic E-state index is -5.09. The molecule has 1 aromatic heterocycles. The van der Waals surface area contributed by atoms with E-state index in [1.165, 1.54) is 18.2 Å². The predicted octanol–water partition coefficient (Wildman–Crippen LogP) is 4.69. The number of benzene rings is 1. The van der Waals surface area contributed by atoms with E-state index in [4.69, 9.17) is 0 Å². The van der Waals surface area contributed by atoms with Crippen molar-refractivity contribution in [2.75, 3.05) is 6.61 Å². The normalized spacial score (nSPS) is 12.8. The van der Waals surface area contributed by atoms with Crippen LogP contribution in [-0.4, -0.2) is 29.5 Å². The molecule has 0 amide bonds. The maximum atomic E-state index is 12.7. The largest absolute Gasteiger partial charge is 0.522 e. The number of nitrogens with zero attached hydrogens (tertiary/aromatic N) is 1. The van der Waals surface area contributed by atoms with E-state index in [0.717, 1.165) is 10.8 Å². The number of alkyl halides is 6. The first kappa shape index (κ1) is 17.8. The topological polar surface area (TPSA) is 31.2 Å². The van der Waals surface area contributed by atoms with Gasteiger partial charge in [0.05, 0.1) is 12.2 Å².